The number of imide groups is 2. The topological polar surface area (TPSA) is 208 Å². The first kappa shape index (κ1) is 34.1. The molecule has 14 heteroatoms. The van der Waals surface area contributed by atoms with Crippen molar-refractivity contribution in [2.45, 2.75) is 6.42 Å². The highest BCUT2D eigenvalue weighted by Gasteiger charge is 2.38. The van der Waals surface area contributed by atoms with Crippen molar-refractivity contribution in [1.29, 1.82) is 0 Å². The molecule has 4 aromatic carbocycles. The van der Waals surface area contributed by atoms with Crippen molar-refractivity contribution in [3.05, 3.63) is 161 Å². The molecule has 2 aliphatic heterocycles. The standard InChI is InChI=1S/C41H27N7O7/c42-35-15-1-22(20-44-35)17-34(49)23-2-13-30-32(18-23)40(53)47(38(30)51)26-5-9-28(10-6-26)55-29-11-7-27(8-12-29)48-39(52)31-14-3-24(19-33(31)41(48)54)37(50)46-25-4-16-36(43)45-21-25/h1-16,18-21H,17H2,(H2,42,44)(H2,43,45)(H,46,50). The van der Waals surface area contributed by atoms with E-state index in [0.29, 0.717) is 51.3 Å². The Balaban J connectivity index is 0.918. The summed E-state index contributed by atoms with van der Waals surface area (Å²) in [6, 6.07) is 27.7. The van der Waals surface area contributed by atoms with E-state index in [1.807, 2.05) is 0 Å². The number of rotatable bonds is 9. The summed E-state index contributed by atoms with van der Waals surface area (Å²) in [4.78, 5) is 89.1. The van der Waals surface area contributed by atoms with Crippen LogP contribution in [-0.2, 0) is 6.42 Å². The highest BCUT2D eigenvalue weighted by Crippen LogP contribution is 2.34. The summed E-state index contributed by atoms with van der Waals surface area (Å²) in [6.45, 7) is 0. The lowest BCUT2D eigenvalue weighted by Crippen LogP contribution is -2.29. The second kappa shape index (κ2) is 13.5. The fourth-order valence-corrected chi connectivity index (χ4v) is 6.24. The zero-order chi connectivity index (χ0) is 38.4. The minimum atomic E-state index is -0.584. The van der Waals surface area contributed by atoms with Crippen LogP contribution in [0.2, 0.25) is 0 Å². The van der Waals surface area contributed by atoms with Gasteiger partial charge in [0.25, 0.3) is 29.5 Å². The number of nitrogens with zero attached hydrogens (tertiary/aromatic N) is 4. The molecule has 268 valence electrons. The minimum absolute atomic E-state index is 0.0541. The molecule has 0 saturated carbocycles. The summed E-state index contributed by atoms with van der Waals surface area (Å²) < 4.78 is 5.96. The number of ether oxygens (including phenoxy) is 1. The molecule has 0 unspecified atom stereocenters. The number of pyridine rings is 2. The SMILES string of the molecule is Nc1ccc(CC(=O)c2ccc3c(c2)C(=O)N(c2ccc(Oc4ccc(N5C(=O)c6ccc(C(=O)Nc7ccc(N)nc7)cc6C5=O)cc4)cc2)C3=O)cn1. The smallest absolute Gasteiger partial charge is 0.266 e. The number of hydrogen-bond donors (Lipinski definition) is 3. The molecule has 8 rings (SSSR count). The van der Waals surface area contributed by atoms with Crippen molar-refractivity contribution < 1.29 is 33.5 Å². The monoisotopic (exact) mass is 729 g/mol. The van der Waals surface area contributed by atoms with Gasteiger partial charge in [0.2, 0.25) is 0 Å². The van der Waals surface area contributed by atoms with Crippen LogP contribution in [0.5, 0.6) is 11.5 Å². The van der Waals surface area contributed by atoms with Gasteiger partial charge >= 0.3 is 0 Å². The Labute approximate surface area is 312 Å². The molecule has 2 aliphatic rings. The lowest BCUT2D eigenvalue weighted by Gasteiger charge is -2.16. The lowest BCUT2D eigenvalue weighted by atomic mass is 10.00. The summed E-state index contributed by atoms with van der Waals surface area (Å²) in [7, 11) is 0. The second-order valence-corrected chi connectivity index (χ2v) is 12.6. The zero-order valence-corrected chi connectivity index (χ0v) is 28.6. The Bertz CT molecular complexity index is 2410. The van der Waals surface area contributed by atoms with Gasteiger partial charge in [-0.1, -0.05) is 12.1 Å². The van der Waals surface area contributed by atoms with E-state index in [2.05, 4.69) is 15.3 Å². The van der Waals surface area contributed by atoms with E-state index < -0.39 is 29.5 Å². The third-order valence-electron chi connectivity index (χ3n) is 9.04. The predicted molar refractivity (Wildman–Crippen MR) is 201 cm³/mol. The van der Waals surface area contributed by atoms with Crippen molar-refractivity contribution in [3.63, 3.8) is 0 Å². The van der Waals surface area contributed by atoms with Crippen LogP contribution in [-0.4, -0.2) is 45.3 Å². The number of amides is 5. The van der Waals surface area contributed by atoms with Crippen LogP contribution in [0.15, 0.2) is 122 Å². The molecule has 0 atom stereocenters. The van der Waals surface area contributed by atoms with Crippen molar-refractivity contribution in [2.24, 2.45) is 0 Å². The van der Waals surface area contributed by atoms with Gasteiger partial charge in [-0.2, -0.15) is 0 Å². The Morgan fingerprint density at radius 1 is 0.564 bits per heavy atom. The van der Waals surface area contributed by atoms with Crippen LogP contribution in [0.1, 0.15) is 67.7 Å². The first-order valence-electron chi connectivity index (χ1n) is 16.7. The van der Waals surface area contributed by atoms with Gasteiger partial charge in [-0.3, -0.25) is 28.8 Å². The molecular weight excluding hydrogens is 702 g/mol. The van der Waals surface area contributed by atoms with Gasteiger partial charge in [0.1, 0.15) is 23.1 Å². The number of carbonyl (C=O) groups is 6. The number of hydrogen-bond acceptors (Lipinski definition) is 11. The third kappa shape index (κ3) is 6.40. The summed E-state index contributed by atoms with van der Waals surface area (Å²) >= 11 is 0. The number of carbonyl (C=O) groups excluding carboxylic acids is 6. The molecule has 0 radical (unpaired) electrons. The number of benzene rings is 4. The zero-order valence-electron chi connectivity index (χ0n) is 28.6. The molecule has 5 N–H and O–H groups in total. The van der Waals surface area contributed by atoms with Crippen LogP contribution in [0.4, 0.5) is 28.7 Å². The molecule has 0 fully saturated rings. The average molecular weight is 730 g/mol. The second-order valence-electron chi connectivity index (χ2n) is 12.6. The van der Waals surface area contributed by atoms with Gasteiger partial charge in [-0.05, 0) is 103 Å². The molecule has 0 spiro atoms. The number of fused-ring (bicyclic) bond motifs is 2. The maximum atomic E-state index is 13.4. The maximum Gasteiger partial charge on any atom is 0.266 e. The number of Topliss-reactive ketones (excluding diaryl/α,β-unsaturated/α-hetero) is 1. The van der Waals surface area contributed by atoms with Gasteiger partial charge in [0.05, 0.1) is 45.5 Å². The van der Waals surface area contributed by atoms with E-state index in [1.165, 1.54) is 54.9 Å². The Kier molecular flexibility index (Phi) is 8.38. The summed E-state index contributed by atoms with van der Waals surface area (Å²) in [5.74, 6) is -1.51. The molecular formula is C41H27N7O7. The molecule has 55 heavy (non-hydrogen) atoms. The average Bonchev–Trinajstić information content (AvgIpc) is 3.60. The van der Waals surface area contributed by atoms with Crippen molar-refractivity contribution in [1.82, 2.24) is 9.97 Å². The summed E-state index contributed by atoms with van der Waals surface area (Å²) in [5.41, 5.74) is 13.9. The number of aromatic nitrogens is 2. The van der Waals surface area contributed by atoms with Crippen molar-refractivity contribution >= 4 is 64.0 Å². The van der Waals surface area contributed by atoms with E-state index >= 15 is 0 Å². The van der Waals surface area contributed by atoms with Gasteiger partial charge in [-0.15, -0.1) is 0 Å². The van der Waals surface area contributed by atoms with E-state index in [-0.39, 0.29) is 40.0 Å². The van der Waals surface area contributed by atoms with Gasteiger partial charge in [0, 0.05) is 23.7 Å². The van der Waals surface area contributed by atoms with Gasteiger partial charge in [-0.25, -0.2) is 19.8 Å². The number of anilines is 5. The van der Waals surface area contributed by atoms with Gasteiger partial charge in [0.15, 0.2) is 5.78 Å². The maximum absolute atomic E-state index is 13.4. The quantitative estimate of drug-likeness (QED) is 0.121. The van der Waals surface area contributed by atoms with E-state index in [9.17, 15) is 28.8 Å². The number of nitrogens with one attached hydrogen (secondary N) is 1. The van der Waals surface area contributed by atoms with E-state index in [0.717, 1.165) is 9.80 Å². The molecule has 0 bridgehead atoms. The highest BCUT2D eigenvalue weighted by atomic mass is 16.5. The minimum Gasteiger partial charge on any atom is -0.457 e. The molecule has 6 aromatic rings. The molecule has 0 saturated heterocycles. The van der Waals surface area contributed by atoms with Crippen LogP contribution in [0.3, 0.4) is 0 Å². The van der Waals surface area contributed by atoms with Gasteiger partial charge < -0.3 is 21.5 Å². The summed E-state index contributed by atoms with van der Waals surface area (Å²) in [6.07, 6.45) is 2.97. The van der Waals surface area contributed by atoms with Crippen LogP contribution in [0.25, 0.3) is 0 Å². The largest absolute Gasteiger partial charge is 0.457 e. The van der Waals surface area contributed by atoms with E-state index in [1.54, 1.807) is 66.7 Å². The van der Waals surface area contributed by atoms with Crippen molar-refractivity contribution in [3.8, 4) is 11.5 Å². The molecule has 0 aliphatic carbocycles. The molecule has 5 amide bonds. The number of nitrogen functional groups attached to an aromatic ring is 2. The molecule has 14 nitrogen and oxygen atoms in total. The number of nitrogens with two attached hydrogens (primary N) is 2. The highest BCUT2D eigenvalue weighted by molar-refractivity contribution is 6.35. The number of ketones is 1. The Hall–Kier alpha value is -8.00. The van der Waals surface area contributed by atoms with Crippen LogP contribution >= 0.6 is 0 Å². The summed E-state index contributed by atoms with van der Waals surface area (Å²) in [5, 5.41) is 2.68. The van der Waals surface area contributed by atoms with Crippen LogP contribution in [0, 0.1) is 0 Å². The fraction of sp³-hybridized carbons (Fsp3) is 0.0244. The molecule has 2 aromatic heterocycles. The Morgan fingerprint density at radius 2 is 1.05 bits per heavy atom. The lowest BCUT2D eigenvalue weighted by molar-refractivity contribution is 0.0910. The molecule has 4 heterocycles. The predicted octanol–water partition coefficient (Wildman–Crippen LogP) is 5.71. The van der Waals surface area contributed by atoms with Crippen LogP contribution < -0.4 is 31.3 Å². The Morgan fingerprint density at radius 3 is 1.56 bits per heavy atom. The fourth-order valence-electron chi connectivity index (χ4n) is 6.24. The first-order valence-corrected chi connectivity index (χ1v) is 16.7. The van der Waals surface area contributed by atoms with E-state index in [4.69, 9.17) is 16.2 Å². The first-order chi connectivity index (χ1) is 26.5. The van der Waals surface area contributed by atoms with Crippen molar-refractivity contribution in [2.75, 3.05) is 26.6 Å². The normalized spacial score (nSPS) is 13.2. The third-order valence-corrected chi connectivity index (χ3v) is 9.04.